The SMILES string of the molecule is CCOC1CCN(C(=O)N[C@H](C)c2ccc(C(F)(F)F)cc2)CC1. The van der Waals surface area contributed by atoms with E-state index in [1.165, 1.54) is 12.1 Å². The molecule has 0 bridgehead atoms. The van der Waals surface area contributed by atoms with Gasteiger partial charge in [-0.05, 0) is 44.4 Å². The molecule has 1 saturated heterocycles. The lowest BCUT2D eigenvalue weighted by atomic mass is 10.1. The zero-order chi connectivity index (χ0) is 17.7. The van der Waals surface area contributed by atoms with Gasteiger partial charge in [-0.15, -0.1) is 0 Å². The summed E-state index contributed by atoms with van der Waals surface area (Å²) in [6.07, 6.45) is -2.55. The Kier molecular flexibility index (Phi) is 6.10. The Bertz CT molecular complexity index is 538. The smallest absolute Gasteiger partial charge is 0.378 e. The summed E-state index contributed by atoms with van der Waals surface area (Å²) in [6, 6.07) is 4.31. The number of hydrogen-bond donors (Lipinski definition) is 1. The first-order valence-corrected chi connectivity index (χ1v) is 8.15. The first kappa shape index (κ1) is 18.6. The normalized spacial score (nSPS) is 17.6. The van der Waals surface area contributed by atoms with Crippen LogP contribution in [0.3, 0.4) is 0 Å². The molecule has 1 heterocycles. The van der Waals surface area contributed by atoms with E-state index >= 15 is 0 Å². The van der Waals surface area contributed by atoms with Crippen LogP contribution in [0.1, 0.15) is 43.9 Å². The van der Waals surface area contributed by atoms with Crippen molar-refractivity contribution in [3.8, 4) is 0 Å². The van der Waals surface area contributed by atoms with E-state index < -0.39 is 11.7 Å². The lowest BCUT2D eigenvalue weighted by molar-refractivity contribution is -0.137. The molecule has 1 aromatic rings. The number of piperidine rings is 1. The fourth-order valence-corrected chi connectivity index (χ4v) is 2.78. The molecule has 0 unspecified atom stereocenters. The third-order valence-corrected chi connectivity index (χ3v) is 4.21. The Balaban J connectivity index is 1.88. The van der Waals surface area contributed by atoms with Crippen LogP contribution in [0.25, 0.3) is 0 Å². The fourth-order valence-electron chi connectivity index (χ4n) is 2.78. The van der Waals surface area contributed by atoms with E-state index in [2.05, 4.69) is 5.32 Å². The molecule has 1 aliphatic heterocycles. The molecule has 2 amide bonds. The van der Waals surface area contributed by atoms with Gasteiger partial charge in [0.1, 0.15) is 0 Å². The number of urea groups is 1. The lowest BCUT2D eigenvalue weighted by Gasteiger charge is -2.32. The highest BCUT2D eigenvalue weighted by Gasteiger charge is 2.30. The van der Waals surface area contributed by atoms with Crippen LogP contribution in [0.15, 0.2) is 24.3 Å². The number of rotatable bonds is 4. The summed E-state index contributed by atoms with van der Waals surface area (Å²) in [7, 11) is 0. The monoisotopic (exact) mass is 344 g/mol. The maximum Gasteiger partial charge on any atom is 0.416 e. The summed E-state index contributed by atoms with van der Waals surface area (Å²) in [5.41, 5.74) is -0.0525. The van der Waals surface area contributed by atoms with Crippen molar-refractivity contribution < 1.29 is 22.7 Å². The summed E-state index contributed by atoms with van der Waals surface area (Å²) in [4.78, 5) is 14.0. The van der Waals surface area contributed by atoms with Gasteiger partial charge in [-0.25, -0.2) is 4.79 Å². The first-order chi connectivity index (χ1) is 11.3. The molecule has 4 nitrogen and oxygen atoms in total. The molecule has 134 valence electrons. The Morgan fingerprint density at radius 3 is 2.38 bits per heavy atom. The van der Waals surface area contributed by atoms with Crippen LogP contribution in [-0.4, -0.2) is 36.7 Å². The molecular formula is C17H23F3N2O2. The van der Waals surface area contributed by atoms with Crippen LogP contribution in [0.4, 0.5) is 18.0 Å². The molecule has 0 radical (unpaired) electrons. The van der Waals surface area contributed by atoms with Gasteiger partial charge in [0.2, 0.25) is 0 Å². The molecule has 2 rings (SSSR count). The maximum atomic E-state index is 12.6. The topological polar surface area (TPSA) is 41.6 Å². The summed E-state index contributed by atoms with van der Waals surface area (Å²) in [5.74, 6) is 0. The minimum absolute atomic E-state index is 0.197. The number of alkyl halides is 3. The van der Waals surface area contributed by atoms with Crippen LogP contribution >= 0.6 is 0 Å². The predicted molar refractivity (Wildman–Crippen MR) is 84.6 cm³/mol. The average Bonchev–Trinajstić information content (AvgIpc) is 2.55. The Morgan fingerprint density at radius 2 is 1.88 bits per heavy atom. The molecule has 1 fully saturated rings. The maximum absolute atomic E-state index is 12.6. The van der Waals surface area contributed by atoms with Gasteiger partial charge in [-0.1, -0.05) is 12.1 Å². The van der Waals surface area contributed by atoms with Crippen molar-refractivity contribution in [2.24, 2.45) is 0 Å². The first-order valence-electron chi connectivity index (χ1n) is 8.15. The van der Waals surface area contributed by atoms with Crippen LogP contribution in [0.5, 0.6) is 0 Å². The fraction of sp³-hybridized carbons (Fsp3) is 0.588. The van der Waals surface area contributed by atoms with E-state index in [0.29, 0.717) is 25.3 Å². The molecule has 1 aromatic carbocycles. The van der Waals surface area contributed by atoms with Gasteiger partial charge in [-0.2, -0.15) is 13.2 Å². The van der Waals surface area contributed by atoms with Gasteiger partial charge in [0, 0.05) is 19.7 Å². The summed E-state index contributed by atoms with van der Waals surface area (Å²) >= 11 is 0. The zero-order valence-corrected chi connectivity index (χ0v) is 13.9. The largest absolute Gasteiger partial charge is 0.416 e. The van der Waals surface area contributed by atoms with Gasteiger partial charge >= 0.3 is 12.2 Å². The van der Waals surface area contributed by atoms with E-state index in [-0.39, 0.29) is 18.2 Å². The molecule has 0 aromatic heterocycles. The molecule has 0 spiro atoms. The van der Waals surface area contributed by atoms with Gasteiger partial charge in [0.05, 0.1) is 17.7 Å². The highest BCUT2D eigenvalue weighted by atomic mass is 19.4. The van der Waals surface area contributed by atoms with Gasteiger partial charge in [0.25, 0.3) is 0 Å². The second kappa shape index (κ2) is 7.88. The summed E-state index contributed by atoms with van der Waals surface area (Å²) in [6.45, 7) is 5.62. The van der Waals surface area contributed by atoms with Crippen LogP contribution in [0.2, 0.25) is 0 Å². The third-order valence-electron chi connectivity index (χ3n) is 4.21. The van der Waals surface area contributed by atoms with Crippen molar-refractivity contribution in [3.63, 3.8) is 0 Å². The number of carbonyl (C=O) groups excluding carboxylic acids is 1. The second-order valence-electron chi connectivity index (χ2n) is 5.93. The molecular weight excluding hydrogens is 321 g/mol. The highest BCUT2D eigenvalue weighted by molar-refractivity contribution is 5.74. The van der Waals surface area contributed by atoms with Crippen molar-refractivity contribution in [1.29, 1.82) is 0 Å². The average molecular weight is 344 g/mol. The minimum Gasteiger partial charge on any atom is -0.378 e. The Morgan fingerprint density at radius 1 is 1.29 bits per heavy atom. The number of ether oxygens (including phenoxy) is 1. The van der Waals surface area contributed by atoms with E-state index in [9.17, 15) is 18.0 Å². The van der Waals surface area contributed by atoms with Crippen LogP contribution < -0.4 is 5.32 Å². The van der Waals surface area contributed by atoms with Gasteiger partial charge < -0.3 is 15.0 Å². The molecule has 1 aliphatic rings. The zero-order valence-electron chi connectivity index (χ0n) is 13.9. The minimum atomic E-state index is -4.35. The molecule has 7 heteroatoms. The highest BCUT2D eigenvalue weighted by Crippen LogP contribution is 2.29. The second-order valence-corrected chi connectivity index (χ2v) is 5.93. The number of nitrogens with zero attached hydrogens (tertiary/aromatic N) is 1. The quantitative estimate of drug-likeness (QED) is 0.898. The Hall–Kier alpha value is -1.76. The standard InChI is InChI=1S/C17H23F3N2O2/c1-3-24-15-8-10-22(11-9-15)16(23)21-12(2)13-4-6-14(7-5-13)17(18,19)20/h4-7,12,15H,3,8-11H2,1-2H3,(H,21,23)/t12-/m1/s1. The summed E-state index contributed by atoms with van der Waals surface area (Å²) in [5, 5.41) is 2.84. The number of halogens is 3. The van der Waals surface area contributed by atoms with Crippen molar-refractivity contribution in [2.75, 3.05) is 19.7 Å². The van der Waals surface area contributed by atoms with E-state index in [1.54, 1.807) is 11.8 Å². The van der Waals surface area contributed by atoms with Crippen molar-refractivity contribution in [3.05, 3.63) is 35.4 Å². The molecule has 24 heavy (non-hydrogen) atoms. The number of benzene rings is 1. The predicted octanol–water partition coefficient (Wildman–Crippen LogP) is 3.98. The molecule has 0 saturated carbocycles. The number of nitrogens with one attached hydrogen (secondary N) is 1. The van der Waals surface area contributed by atoms with Gasteiger partial charge in [0.15, 0.2) is 0 Å². The van der Waals surface area contributed by atoms with Crippen molar-refractivity contribution >= 4 is 6.03 Å². The van der Waals surface area contributed by atoms with E-state index in [0.717, 1.165) is 25.0 Å². The van der Waals surface area contributed by atoms with Crippen LogP contribution in [0, 0.1) is 0 Å². The van der Waals surface area contributed by atoms with E-state index in [1.807, 2.05) is 6.92 Å². The van der Waals surface area contributed by atoms with Crippen LogP contribution in [-0.2, 0) is 10.9 Å². The van der Waals surface area contributed by atoms with E-state index in [4.69, 9.17) is 4.74 Å². The number of carbonyl (C=O) groups is 1. The summed E-state index contributed by atoms with van der Waals surface area (Å²) < 4.78 is 43.3. The number of hydrogen-bond acceptors (Lipinski definition) is 2. The van der Waals surface area contributed by atoms with Gasteiger partial charge in [-0.3, -0.25) is 0 Å². The third kappa shape index (κ3) is 4.87. The molecule has 1 atom stereocenters. The number of amides is 2. The number of likely N-dealkylation sites (tertiary alicyclic amines) is 1. The molecule has 0 aliphatic carbocycles. The molecule has 1 N–H and O–H groups in total. The van der Waals surface area contributed by atoms with Crippen molar-refractivity contribution in [1.82, 2.24) is 10.2 Å². The lowest BCUT2D eigenvalue weighted by Crippen LogP contribution is -2.46. The van der Waals surface area contributed by atoms with Crippen molar-refractivity contribution in [2.45, 2.75) is 45.0 Å². The Labute approximate surface area is 140 Å².